The normalized spacial score (nSPS) is 10.2. The molecule has 1 heterocycles. The highest BCUT2D eigenvalue weighted by atomic mass is 16.5. The van der Waals surface area contributed by atoms with Gasteiger partial charge in [0.15, 0.2) is 0 Å². The third kappa shape index (κ3) is 2.13. The van der Waals surface area contributed by atoms with Gasteiger partial charge in [-0.05, 0) is 0 Å². The van der Waals surface area contributed by atoms with E-state index >= 15 is 0 Å². The van der Waals surface area contributed by atoms with Crippen LogP contribution in [0, 0.1) is 0 Å². The second-order valence-electron chi connectivity index (χ2n) is 2.40. The number of nitrogens with two attached hydrogens (primary N) is 1. The number of aryl methyl sites for hydroxylation is 1. The van der Waals surface area contributed by atoms with Crippen LogP contribution in [-0.2, 0) is 11.8 Å². The summed E-state index contributed by atoms with van der Waals surface area (Å²) in [6, 6.07) is 0. The molecular formula is C7H13N3O2. The van der Waals surface area contributed by atoms with Crippen molar-refractivity contribution in [2.45, 2.75) is 0 Å². The van der Waals surface area contributed by atoms with E-state index in [1.807, 2.05) is 0 Å². The van der Waals surface area contributed by atoms with Crippen molar-refractivity contribution >= 4 is 5.69 Å². The van der Waals surface area contributed by atoms with Crippen molar-refractivity contribution in [3.8, 4) is 5.88 Å². The smallest absolute Gasteiger partial charge is 0.256 e. The zero-order chi connectivity index (χ0) is 8.97. The van der Waals surface area contributed by atoms with Crippen molar-refractivity contribution < 1.29 is 9.47 Å². The van der Waals surface area contributed by atoms with Crippen molar-refractivity contribution in [2.75, 3.05) is 26.1 Å². The number of nitrogen functional groups attached to an aromatic ring is 1. The maximum absolute atomic E-state index is 5.57. The Labute approximate surface area is 71.1 Å². The van der Waals surface area contributed by atoms with Crippen molar-refractivity contribution in [2.24, 2.45) is 7.05 Å². The van der Waals surface area contributed by atoms with Gasteiger partial charge in [-0.1, -0.05) is 0 Å². The molecule has 1 aromatic heterocycles. The summed E-state index contributed by atoms with van der Waals surface area (Å²) in [6.45, 7) is 1.01. The van der Waals surface area contributed by atoms with E-state index in [9.17, 15) is 0 Å². The molecule has 5 heteroatoms. The molecule has 0 unspecified atom stereocenters. The first-order valence-corrected chi connectivity index (χ1v) is 3.65. The summed E-state index contributed by atoms with van der Waals surface area (Å²) < 4.78 is 11.6. The molecule has 1 aromatic rings. The second kappa shape index (κ2) is 3.96. The van der Waals surface area contributed by atoms with E-state index in [1.165, 1.54) is 0 Å². The first kappa shape index (κ1) is 8.86. The Bertz CT molecular complexity index is 247. The Balaban J connectivity index is 2.45. The van der Waals surface area contributed by atoms with Gasteiger partial charge in [0.25, 0.3) is 5.88 Å². The molecule has 0 amide bonds. The number of rotatable bonds is 4. The van der Waals surface area contributed by atoms with Crippen molar-refractivity contribution in [1.82, 2.24) is 9.78 Å². The number of hydrogen-bond donors (Lipinski definition) is 1. The zero-order valence-electron chi connectivity index (χ0n) is 7.28. The quantitative estimate of drug-likeness (QED) is 0.649. The number of anilines is 1. The Hall–Kier alpha value is -1.23. The van der Waals surface area contributed by atoms with Gasteiger partial charge in [0, 0.05) is 14.2 Å². The minimum Gasteiger partial charge on any atom is -0.473 e. The van der Waals surface area contributed by atoms with Crippen LogP contribution in [-0.4, -0.2) is 30.1 Å². The van der Waals surface area contributed by atoms with Crippen LogP contribution in [0.4, 0.5) is 5.69 Å². The van der Waals surface area contributed by atoms with Gasteiger partial charge in [-0.15, -0.1) is 5.10 Å². The molecule has 0 aromatic carbocycles. The average Bonchev–Trinajstić information content (AvgIpc) is 2.31. The summed E-state index contributed by atoms with van der Waals surface area (Å²) in [6.07, 6.45) is 1.70. The zero-order valence-corrected chi connectivity index (χ0v) is 7.28. The molecule has 1 rings (SSSR count). The van der Waals surface area contributed by atoms with Crippen molar-refractivity contribution in [3.63, 3.8) is 0 Å². The Morgan fingerprint density at radius 1 is 1.58 bits per heavy atom. The van der Waals surface area contributed by atoms with Crippen LogP contribution in [0.3, 0.4) is 0 Å². The van der Waals surface area contributed by atoms with Crippen LogP contribution >= 0.6 is 0 Å². The molecule has 0 bridgehead atoms. The first-order valence-electron chi connectivity index (χ1n) is 3.65. The van der Waals surface area contributed by atoms with Crippen LogP contribution < -0.4 is 10.5 Å². The molecule has 0 aliphatic carbocycles. The number of methoxy groups -OCH3 is 1. The molecule has 12 heavy (non-hydrogen) atoms. The first-order chi connectivity index (χ1) is 5.74. The molecule has 5 nitrogen and oxygen atoms in total. The summed E-state index contributed by atoms with van der Waals surface area (Å²) in [5.74, 6) is 0.467. The largest absolute Gasteiger partial charge is 0.473 e. The van der Waals surface area contributed by atoms with Gasteiger partial charge < -0.3 is 15.2 Å². The van der Waals surface area contributed by atoms with E-state index < -0.39 is 0 Å². The minimum absolute atomic E-state index is 0.467. The Morgan fingerprint density at radius 2 is 2.33 bits per heavy atom. The second-order valence-corrected chi connectivity index (χ2v) is 2.40. The highest BCUT2D eigenvalue weighted by molar-refractivity contribution is 5.45. The van der Waals surface area contributed by atoms with E-state index in [0.717, 1.165) is 0 Å². The van der Waals surface area contributed by atoms with Gasteiger partial charge in [0.2, 0.25) is 0 Å². The summed E-state index contributed by atoms with van der Waals surface area (Å²) in [5, 5.41) is 4.00. The van der Waals surface area contributed by atoms with E-state index in [0.29, 0.717) is 24.8 Å². The fourth-order valence-corrected chi connectivity index (χ4v) is 0.820. The molecule has 0 atom stereocenters. The summed E-state index contributed by atoms with van der Waals surface area (Å²) in [7, 11) is 3.41. The topological polar surface area (TPSA) is 62.3 Å². The molecule has 2 N–H and O–H groups in total. The van der Waals surface area contributed by atoms with Crippen LogP contribution in [0.2, 0.25) is 0 Å². The number of nitrogens with zero attached hydrogens (tertiary/aromatic N) is 2. The van der Waals surface area contributed by atoms with Gasteiger partial charge in [-0.2, -0.15) is 0 Å². The molecular weight excluding hydrogens is 158 g/mol. The monoisotopic (exact) mass is 171 g/mol. The van der Waals surface area contributed by atoms with Gasteiger partial charge in [-0.25, -0.2) is 0 Å². The van der Waals surface area contributed by atoms with Crippen LogP contribution in [0.5, 0.6) is 5.88 Å². The highest BCUT2D eigenvalue weighted by Gasteiger charge is 2.03. The van der Waals surface area contributed by atoms with Crippen molar-refractivity contribution in [1.29, 1.82) is 0 Å². The van der Waals surface area contributed by atoms with Crippen molar-refractivity contribution in [3.05, 3.63) is 6.20 Å². The maximum Gasteiger partial charge on any atom is 0.256 e. The lowest BCUT2D eigenvalue weighted by atomic mass is 10.6. The lowest BCUT2D eigenvalue weighted by Gasteiger charge is -2.01. The molecule has 0 fully saturated rings. The lowest BCUT2D eigenvalue weighted by molar-refractivity contribution is 0.143. The molecule has 0 aliphatic rings. The molecule has 0 saturated heterocycles. The van der Waals surface area contributed by atoms with Crippen LogP contribution in [0.15, 0.2) is 6.20 Å². The fourth-order valence-electron chi connectivity index (χ4n) is 0.820. The Morgan fingerprint density at radius 3 is 2.83 bits per heavy atom. The molecule has 0 saturated carbocycles. The predicted molar refractivity (Wildman–Crippen MR) is 45.0 cm³/mol. The highest BCUT2D eigenvalue weighted by Crippen LogP contribution is 2.16. The lowest BCUT2D eigenvalue weighted by Crippen LogP contribution is -2.05. The van der Waals surface area contributed by atoms with Crippen LogP contribution in [0.25, 0.3) is 0 Å². The minimum atomic E-state index is 0.467. The molecule has 0 radical (unpaired) electrons. The van der Waals surface area contributed by atoms with Crippen LogP contribution in [0.1, 0.15) is 0 Å². The number of aromatic nitrogens is 2. The summed E-state index contributed by atoms with van der Waals surface area (Å²) in [4.78, 5) is 0. The number of ether oxygens (including phenoxy) is 2. The fraction of sp³-hybridized carbons (Fsp3) is 0.571. The van der Waals surface area contributed by atoms with E-state index in [1.54, 1.807) is 25.0 Å². The van der Waals surface area contributed by atoms with Gasteiger partial charge in [0.05, 0.1) is 12.8 Å². The third-order valence-electron chi connectivity index (χ3n) is 1.35. The van der Waals surface area contributed by atoms with E-state index in [2.05, 4.69) is 5.10 Å². The SMILES string of the molecule is COCCOc1nn(C)cc1N. The number of hydrogen-bond acceptors (Lipinski definition) is 4. The standard InChI is InChI=1S/C7H13N3O2/c1-10-5-6(8)7(9-10)12-4-3-11-2/h5H,3-4,8H2,1-2H3. The average molecular weight is 171 g/mol. The van der Waals surface area contributed by atoms with Gasteiger partial charge in [-0.3, -0.25) is 4.68 Å². The van der Waals surface area contributed by atoms with E-state index in [4.69, 9.17) is 15.2 Å². The molecule has 0 spiro atoms. The predicted octanol–water partition coefficient (Wildman–Crippen LogP) is 0.0275. The summed E-state index contributed by atoms with van der Waals surface area (Å²) in [5.41, 5.74) is 6.12. The van der Waals surface area contributed by atoms with E-state index in [-0.39, 0.29) is 0 Å². The maximum atomic E-state index is 5.57. The molecule has 68 valence electrons. The molecule has 0 aliphatic heterocycles. The third-order valence-corrected chi connectivity index (χ3v) is 1.35. The Kier molecular flexibility index (Phi) is 2.93. The van der Waals surface area contributed by atoms with Gasteiger partial charge >= 0.3 is 0 Å². The van der Waals surface area contributed by atoms with Gasteiger partial charge in [0.1, 0.15) is 12.3 Å². The summed E-state index contributed by atoms with van der Waals surface area (Å²) >= 11 is 0.